The summed E-state index contributed by atoms with van der Waals surface area (Å²) >= 11 is 0. The fourth-order valence-electron chi connectivity index (χ4n) is 0.224. The van der Waals surface area contributed by atoms with Gasteiger partial charge in [-0.25, -0.2) is 0 Å². The topological polar surface area (TPSA) is 54.0 Å². The van der Waals surface area contributed by atoms with E-state index in [9.17, 15) is 0 Å². The van der Waals surface area contributed by atoms with Crippen molar-refractivity contribution in [2.24, 2.45) is 0 Å². The van der Waals surface area contributed by atoms with E-state index in [0.29, 0.717) is 0 Å². The van der Waals surface area contributed by atoms with Gasteiger partial charge in [0.15, 0.2) is 0 Å². The molecule has 0 aliphatic carbocycles. The van der Waals surface area contributed by atoms with Crippen LogP contribution in [0.1, 0.15) is 0 Å². The number of nitrogens with zero attached hydrogens (tertiary/aromatic N) is 1. The fraction of sp³-hybridized carbons (Fsp3) is 1.00. The molecule has 0 amide bonds. The second-order valence-corrected chi connectivity index (χ2v) is 0.771. The van der Waals surface area contributed by atoms with E-state index in [0.717, 1.165) is 12.5 Å². The Morgan fingerprint density at radius 1 is 0.900 bits per heavy atom. The molecule has 0 unspecified atom stereocenters. The van der Waals surface area contributed by atoms with Gasteiger partial charge in [0.25, 0.3) is 0 Å². The molecule has 0 heterocycles. The van der Waals surface area contributed by atoms with Gasteiger partial charge < -0.3 is 5.11 Å². The Kier molecular flexibility index (Phi) is 28.0. The van der Waals surface area contributed by atoms with Crippen LogP contribution in [0.4, 0.5) is 0 Å². The SMILES string of the molecule is CON(OC)OC.C[O-].[Na+]. The van der Waals surface area contributed by atoms with Gasteiger partial charge in [-0.1, -0.05) is 0 Å². The molecule has 0 atom stereocenters. The van der Waals surface area contributed by atoms with Crippen LogP contribution in [0.3, 0.4) is 0 Å². The average molecular weight is 161 g/mol. The second kappa shape index (κ2) is 16.4. The molecule has 0 saturated carbocycles. The van der Waals surface area contributed by atoms with Gasteiger partial charge in [-0.2, -0.15) is 7.11 Å². The van der Waals surface area contributed by atoms with Gasteiger partial charge in [0.05, 0.1) is 26.7 Å². The maximum absolute atomic E-state index is 8.25. The minimum Gasteiger partial charge on any atom is -0.857 e. The van der Waals surface area contributed by atoms with Crippen LogP contribution in [0.15, 0.2) is 0 Å². The zero-order valence-corrected chi connectivity index (χ0v) is 9.08. The molecule has 0 rings (SSSR count). The van der Waals surface area contributed by atoms with Crippen molar-refractivity contribution in [1.82, 2.24) is 5.39 Å². The van der Waals surface area contributed by atoms with E-state index in [4.69, 9.17) is 5.11 Å². The smallest absolute Gasteiger partial charge is 0.857 e. The summed E-state index contributed by atoms with van der Waals surface area (Å²) in [5, 5.41) is 9.12. The Balaban J connectivity index is -0.000000149. The van der Waals surface area contributed by atoms with Crippen molar-refractivity contribution in [2.45, 2.75) is 0 Å². The minimum absolute atomic E-state index is 0. The minimum atomic E-state index is 0. The molecule has 0 saturated heterocycles. The monoisotopic (exact) mass is 161 g/mol. The molecule has 5 nitrogen and oxygen atoms in total. The van der Waals surface area contributed by atoms with Crippen molar-refractivity contribution in [3.8, 4) is 0 Å². The summed E-state index contributed by atoms with van der Waals surface area (Å²) in [6.07, 6.45) is 0. The maximum Gasteiger partial charge on any atom is 1.00 e. The maximum atomic E-state index is 8.25. The van der Waals surface area contributed by atoms with E-state index >= 15 is 0 Å². The van der Waals surface area contributed by atoms with Crippen molar-refractivity contribution in [3.05, 3.63) is 0 Å². The summed E-state index contributed by atoms with van der Waals surface area (Å²) < 4.78 is 0. The second-order valence-electron chi connectivity index (χ2n) is 0.771. The first-order chi connectivity index (χ1) is 4.35. The molecule has 0 aromatic carbocycles. The first-order valence-electron chi connectivity index (χ1n) is 2.18. The first-order valence-corrected chi connectivity index (χ1v) is 2.18. The van der Waals surface area contributed by atoms with E-state index < -0.39 is 0 Å². The Morgan fingerprint density at radius 2 is 1.10 bits per heavy atom. The molecule has 0 fully saturated rings. The van der Waals surface area contributed by atoms with E-state index in [-0.39, 0.29) is 29.6 Å². The fourth-order valence-corrected chi connectivity index (χ4v) is 0.224. The predicted molar refractivity (Wildman–Crippen MR) is 28.8 cm³/mol. The van der Waals surface area contributed by atoms with Gasteiger partial charge in [0.1, 0.15) is 0 Å². The Hall–Kier alpha value is 0.800. The Bertz CT molecular complexity index is 38.7. The van der Waals surface area contributed by atoms with Crippen LogP contribution in [-0.4, -0.2) is 33.8 Å². The van der Waals surface area contributed by atoms with Gasteiger partial charge in [-0.15, -0.1) is 0 Å². The van der Waals surface area contributed by atoms with E-state index in [1.165, 1.54) is 21.3 Å². The zero-order valence-electron chi connectivity index (χ0n) is 7.08. The molecule has 6 heteroatoms. The standard InChI is InChI=1S/C3H9NO3.CH3O.Na/c1-5-4(6-2)7-3;1-2;/h1-3H3;1H3;/q;-1;+1. The molecular formula is C4H12NNaO4. The number of hydrogen-bond donors (Lipinski definition) is 0. The summed E-state index contributed by atoms with van der Waals surface area (Å²) in [6.45, 7) is 0. The Morgan fingerprint density at radius 3 is 1.10 bits per heavy atom. The largest absolute Gasteiger partial charge is 1.00 e. The third kappa shape index (κ3) is 11.6. The first kappa shape index (κ1) is 17.0. The number of hydrogen-bond acceptors (Lipinski definition) is 5. The van der Waals surface area contributed by atoms with Crippen LogP contribution in [0.25, 0.3) is 0 Å². The average Bonchev–Trinajstić information content (AvgIpc) is 1.96. The third-order valence-electron chi connectivity index (χ3n) is 0.447. The molecule has 0 aromatic heterocycles. The summed E-state index contributed by atoms with van der Waals surface area (Å²) in [5.74, 6) is 0. The van der Waals surface area contributed by atoms with Crippen molar-refractivity contribution < 1.29 is 49.2 Å². The zero-order chi connectivity index (χ0) is 7.70. The van der Waals surface area contributed by atoms with Crippen molar-refractivity contribution >= 4 is 0 Å². The van der Waals surface area contributed by atoms with Crippen LogP contribution in [0, 0.1) is 0 Å². The Labute approximate surface area is 83.0 Å². The van der Waals surface area contributed by atoms with Gasteiger partial charge in [-0.3, -0.25) is 14.5 Å². The molecule has 0 bridgehead atoms. The van der Waals surface area contributed by atoms with Crippen molar-refractivity contribution in [3.63, 3.8) is 0 Å². The quantitative estimate of drug-likeness (QED) is 0.311. The number of rotatable bonds is 3. The molecule has 0 aliphatic heterocycles. The molecular weight excluding hydrogens is 149 g/mol. The predicted octanol–water partition coefficient (Wildman–Crippen LogP) is -4.05. The van der Waals surface area contributed by atoms with Crippen LogP contribution in [0.2, 0.25) is 0 Å². The summed E-state index contributed by atoms with van der Waals surface area (Å²) in [6, 6.07) is 0. The van der Waals surface area contributed by atoms with E-state index in [1.807, 2.05) is 0 Å². The summed E-state index contributed by atoms with van der Waals surface area (Å²) in [5.41, 5.74) is 0. The van der Waals surface area contributed by atoms with Gasteiger partial charge in [-0.05, 0) is 0 Å². The van der Waals surface area contributed by atoms with Gasteiger partial charge in [0.2, 0.25) is 0 Å². The normalized spacial score (nSPS) is 7.80. The van der Waals surface area contributed by atoms with E-state index in [2.05, 4.69) is 14.5 Å². The van der Waals surface area contributed by atoms with Crippen molar-refractivity contribution in [1.29, 1.82) is 0 Å². The third-order valence-corrected chi connectivity index (χ3v) is 0.447. The van der Waals surface area contributed by atoms with Gasteiger partial charge >= 0.3 is 29.6 Å². The molecule has 10 heavy (non-hydrogen) atoms. The van der Waals surface area contributed by atoms with Crippen LogP contribution in [-0.2, 0) is 14.5 Å². The molecule has 0 radical (unpaired) electrons. The van der Waals surface area contributed by atoms with Crippen molar-refractivity contribution in [2.75, 3.05) is 28.4 Å². The molecule has 58 valence electrons. The van der Waals surface area contributed by atoms with Gasteiger partial charge in [0, 0.05) is 0 Å². The van der Waals surface area contributed by atoms with Crippen LogP contribution >= 0.6 is 0 Å². The van der Waals surface area contributed by atoms with Crippen LogP contribution < -0.4 is 34.7 Å². The summed E-state index contributed by atoms with van der Waals surface area (Å²) in [4.78, 5) is 13.3. The summed E-state index contributed by atoms with van der Waals surface area (Å²) in [7, 11) is 5.06. The molecule has 0 N–H and O–H groups in total. The molecule has 0 aliphatic rings. The van der Waals surface area contributed by atoms with E-state index in [1.54, 1.807) is 0 Å². The molecule has 0 aromatic rings. The molecule has 0 spiro atoms. The van der Waals surface area contributed by atoms with Crippen LogP contribution in [0.5, 0.6) is 0 Å².